The van der Waals surface area contributed by atoms with Crippen LogP contribution in [0.5, 0.6) is 0 Å². The second kappa shape index (κ2) is 68.9. The zero-order valence-corrected chi connectivity index (χ0v) is 52.4. The average molecular weight is 1090 g/mol. The van der Waals surface area contributed by atoms with Gasteiger partial charge in [-0.05, 0) is 83.5 Å². The Morgan fingerprint density at radius 1 is 0.295 bits per heavy atom. The zero-order valence-electron chi connectivity index (χ0n) is 52.4. The molecule has 0 aromatic heterocycles. The first-order valence-corrected chi connectivity index (χ1v) is 34.8. The van der Waals surface area contributed by atoms with Gasteiger partial charge in [-0.2, -0.15) is 0 Å². The smallest absolute Gasteiger partial charge is 0.306 e. The fourth-order valence-electron chi connectivity index (χ4n) is 10.5. The van der Waals surface area contributed by atoms with Crippen LogP contribution in [0, 0.1) is 0 Å². The van der Waals surface area contributed by atoms with Crippen LogP contribution < -0.4 is 0 Å². The topological polar surface area (TPSA) is 72.8 Å². The molecular formula is C73H134O5. The summed E-state index contributed by atoms with van der Waals surface area (Å²) < 4.78 is 10.8. The highest BCUT2D eigenvalue weighted by molar-refractivity contribution is 5.70. The zero-order chi connectivity index (χ0) is 56.2. The predicted octanol–water partition coefficient (Wildman–Crippen LogP) is 24.1. The molecule has 5 nitrogen and oxygen atoms in total. The number of esters is 2. The Balaban J connectivity index is 3.41. The van der Waals surface area contributed by atoms with Gasteiger partial charge in [0.15, 0.2) is 6.10 Å². The SMILES string of the molecule is CCCCCCC/C=C\C/C=C\C/C=C\CCCCCCCCCCCCCCCCC(=O)OC(CO)COC(=O)CCCCCCCCCCCCCCCCCCCCCCCCC/C=C\C/C=C\CCCCCCC. The number of hydrogen-bond acceptors (Lipinski definition) is 5. The standard InChI is InChI=1S/C73H134O5/c1-3-5-7-9-11-13-15-17-19-21-23-25-27-29-31-33-34-35-36-37-38-40-41-43-45-47-49-51-53-55-57-59-61-63-65-67-72(75)77-70-71(69-74)78-73(76)68-66-64-62-60-58-56-54-52-50-48-46-44-42-39-32-30-28-26-24-22-20-18-16-14-12-10-8-6-4-2/h15-18,21-24,28,30,71,74H,3-14,19-20,25-27,29,31-70H2,1-2H3/b17-15-,18-16-,23-21-,24-22-,30-28-. The van der Waals surface area contributed by atoms with E-state index in [9.17, 15) is 14.7 Å². The summed E-state index contributed by atoms with van der Waals surface area (Å²) in [5.74, 6) is -0.573. The quantitative estimate of drug-likeness (QED) is 0.0373. The number of carbonyl (C=O) groups excluding carboxylic acids is 2. The van der Waals surface area contributed by atoms with E-state index in [-0.39, 0.29) is 25.2 Å². The molecule has 456 valence electrons. The molecule has 0 saturated heterocycles. The minimum Gasteiger partial charge on any atom is -0.462 e. The second-order valence-corrected chi connectivity index (χ2v) is 23.6. The number of rotatable bonds is 65. The molecular weight excluding hydrogens is 957 g/mol. The summed E-state index contributed by atoms with van der Waals surface area (Å²) in [6, 6.07) is 0. The normalized spacial score (nSPS) is 12.5. The molecule has 5 heteroatoms. The molecule has 0 aliphatic carbocycles. The lowest BCUT2D eigenvalue weighted by molar-refractivity contribution is -0.161. The van der Waals surface area contributed by atoms with Crippen molar-refractivity contribution in [1.29, 1.82) is 0 Å². The van der Waals surface area contributed by atoms with Crippen LogP contribution in [0.25, 0.3) is 0 Å². The van der Waals surface area contributed by atoms with E-state index in [4.69, 9.17) is 9.47 Å². The predicted molar refractivity (Wildman–Crippen MR) is 344 cm³/mol. The summed E-state index contributed by atoms with van der Waals surface area (Å²) in [6.07, 6.45) is 94.0. The lowest BCUT2D eigenvalue weighted by Gasteiger charge is -2.15. The first-order chi connectivity index (χ1) is 38.6. The molecule has 0 heterocycles. The summed E-state index contributed by atoms with van der Waals surface area (Å²) in [6.45, 7) is 4.17. The Morgan fingerprint density at radius 2 is 0.513 bits per heavy atom. The number of ether oxygens (including phenoxy) is 2. The van der Waals surface area contributed by atoms with Gasteiger partial charge in [-0.25, -0.2) is 0 Å². The molecule has 0 amide bonds. The van der Waals surface area contributed by atoms with Crippen LogP contribution in [0.3, 0.4) is 0 Å². The van der Waals surface area contributed by atoms with E-state index in [0.717, 1.165) is 57.8 Å². The summed E-state index contributed by atoms with van der Waals surface area (Å²) >= 11 is 0. The van der Waals surface area contributed by atoms with Crippen LogP contribution in [0.4, 0.5) is 0 Å². The Labute approximate surface area is 487 Å². The van der Waals surface area contributed by atoms with Crippen molar-refractivity contribution < 1.29 is 24.2 Å². The third-order valence-electron chi connectivity index (χ3n) is 15.8. The fourth-order valence-corrected chi connectivity index (χ4v) is 10.5. The van der Waals surface area contributed by atoms with Crippen molar-refractivity contribution >= 4 is 11.9 Å². The minimum absolute atomic E-state index is 0.0625. The van der Waals surface area contributed by atoms with Crippen LogP contribution >= 0.6 is 0 Å². The van der Waals surface area contributed by atoms with Gasteiger partial charge in [0.2, 0.25) is 0 Å². The minimum atomic E-state index is -0.773. The molecule has 0 aromatic carbocycles. The molecule has 78 heavy (non-hydrogen) atoms. The Morgan fingerprint density at radius 3 is 0.769 bits per heavy atom. The average Bonchev–Trinajstić information content (AvgIpc) is 3.44. The van der Waals surface area contributed by atoms with Crippen molar-refractivity contribution in [2.75, 3.05) is 13.2 Å². The molecule has 0 aliphatic rings. The highest BCUT2D eigenvalue weighted by atomic mass is 16.6. The van der Waals surface area contributed by atoms with Crippen molar-refractivity contribution in [3.8, 4) is 0 Å². The lowest BCUT2D eigenvalue weighted by atomic mass is 10.0. The number of carbonyl (C=O) groups is 2. The van der Waals surface area contributed by atoms with Gasteiger partial charge in [0.05, 0.1) is 6.61 Å². The lowest BCUT2D eigenvalue weighted by Crippen LogP contribution is -2.28. The van der Waals surface area contributed by atoms with Crippen molar-refractivity contribution in [2.45, 2.75) is 380 Å². The largest absolute Gasteiger partial charge is 0.462 e. The number of aliphatic hydroxyl groups excluding tert-OH is 1. The number of unbranched alkanes of at least 4 members (excludes halogenated alkanes) is 47. The van der Waals surface area contributed by atoms with Gasteiger partial charge in [0, 0.05) is 12.8 Å². The molecule has 0 spiro atoms. The van der Waals surface area contributed by atoms with E-state index in [0.29, 0.717) is 12.8 Å². The van der Waals surface area contributed by atoms with Crippen LogP contribution in [0.1, 0.15) is 373 Å². The van der Waals surface area contributed by atoms with Gasteiger partial charge >= 0.3 is 11.9 Å². The van der Waals surface area contributed by atoms with Crippen LogP contribution in [-0.2, 0) is 19.1 Å². The Hall–Kier alpha value is -2.40. The summed E-state index contributed by atoms with van der Waals surface area (Å²) in [5, 5.41) is 9.70. The molecule has 0 aliphatic heterocycles. The molecule has 0 saturated carbocycles. The maximum atomic E-state index is 12.4. The van der Waals surface area contributed by atoms with Gasteiger partial charge in [0.25, 0.3) is 0 Å². The van der Waals surface area contributed by atoms with Gasteiger partial charge in [-0.3, -0.25) is 9.59 Å². The molecule has 1 atom stereocenters. The highest BCUT2D eigenvalue weighted by Crippen LogP contribution is 2.18. The van der Waals surface area contributed by atoms with Crippen molar-refractivity contribution in [3.63, 3.8) is 0 Å². The van der Waals surface area contributed by atoms with Crippen LogP contribution in [-0.4, -0.2) is 36.4 Å². The number of aliphatic hydroxyl groups is 1. The third kappa shape index (κ3) is 66.1. The maximum Gasteiger partial charge on any atom is 0.306 e. The van der Waals surface area contributed by atoms with Crippen molar-refractivity contribution in [2.24, 2.45) is 0 Å². The first-order valence-electron chi connectivity index (χ1n) is 34.8. The van der Waals surface area contributed by atoms with Gasteiger partial charge in [-0.15, -0.1) is 0 Å². The van der Waals surface area contributed by atoms with Gasteiger partial charge in [-0.1, -0.05) is 338 Å². The number of hydrogen-bond donors (Lipinski definition) is 1. The van der Waals surface area contributed by atoms with Crippen LogP contribution in [0.2, 0.25) is 0 Å². The Bertz CT molecular complexity index is 1330. The fraction of sp³-hybridized carbons (Fsp3) is 0.836. The van der Waals surface area contributed by atoms with Gasteiger partial charge < -0.3 is 14.6 Å². The van der Waals surface area contributed by atoms with E-state index < -0.39 is 6.10 Å². The third-order valence-corrected chi connectivity index (χ3v) is 15.8. The van der Waals surface area contributed by atoms with E-state index in [1.54, 1.807) is 0 Å². The van der Waals surface area contributed by atoms with Crippen molar-refractivity contribution in [3.05, 3.63) is 60.8 Å². The maximum absolute atomic E-state index is 12.4. The molecule has 0 fully saturated rings. The van der Waals surface area contributed by atoms with Crippen molar-refractivity contribution in [1.82, 2.24) is 0 Å². The summed E-state index contributed by atoms with van der Waals surface area (Å²) in [7, 11) is 0. The molecule has 0 aromatic rings. The van der Waals surface area contributed by atoms with E-state index >= 15 is 0 Å². The molecule has 1 unspecified atom stereocenters. The first kappa shape index (κ1) is 75.6. The monoisotopic (exact) mass is 1090 g/mol. The molecule has 0 radical (unpaired) electrons. The number of allylic oxidation sites excluding steroid dienone is 10. The van der Waals surface area contributed by atoms with E-state index in [1.165, 1.54) is 289 Å². The Kier molecular flexibility index (Phi) is 66.8. The second-order valence-electron chi connectivity index (χ2n) is 23.6. The van der Waals surface area contributed by atoms with E-state index in [1.807, 2.05) is 0 Å². The summed E-state index contributed by atoms with van der Waals surface area (Å²) in [4.78, 5) is 24.6. The molecule has 0 bridgehead atoms. The molecule has 1 N–H and O–H groups in total. The highest BCUT2D eigenvalue weighted by Gasteiger charge is 2.16. The van der Waals surface area contributed by atoms with Gasteiger partial charge in [0.1, 0.15) is 6.61 Å². The van der Waals surface area contributed by atoms with E-state index in [2.05, 4.69) is 74.6 Å². The van der Waals surface area contributed by atoms with Crippen LogP contribution in [0.15, 0.2) is 60.8 Å². The molecule has 0 rings (SSSR count). The summed E-state index contributed by atoms with van der Waals surface area (Å²) in [5.41, 5.74) is 0.